The topological polar surface area (TPSA) is 0 Å². The number of alkyl halides is 3. The molecule has 1 heteroatoms. The molecular weight excluding hydrogens is 259 g/mol. The number of rotatable bonds is 1. The summed E-state index contributed by atoms with van der Waals surface area (Å²) in [6, 6.07) is 0. The second kappa shape index (κ2) is 3.85. The van der Waals surface area contributed by atoms with E-state index in [2.05, 4.69) is 6.92 Å². The average molecular weight is 280 g/mol. The van der Waals surface area contributed by atoms with E-state index in [-0.39, 0.29) is 0 Å². The van der Waals surface area contributed by atoms with Gasteiger partial charge in [0.2, 0.25) is 0 Å². The molecule has 0 aliphatic carbocycles. The summed E-state index contributed by atoms with van der Waals surface area (Å²) >= 11 is -0.447. The van der Waals surface area contributed by atoms with Gasteiger partial charge in [-0.05, 0) is 0 Å². The Labute approximate surface area is 83.9 Å². The fourth-order valence-electron chi connectivity index (χ4n) is 2.85. The van der Waals surface area contributed by atoms with Crippen LogP contribution in [0.4, 0.5) is 0 Å². The van der Waals surface area contributed by atoms with Crippen molar-refractivity contribution in [3.05, 3.63) is 0 Å². The van der Waals surface area contributed by atoms with Crippen LogP contribution in [0.2, 0.25) is 0 Å². The predicted octanol–water partition coefficient (Wildman–Crippen LogP) is 4.01. The number of halogens is 1. The van der Waals surface area contributed by atoms with Gasteiger partial charge < -0.3 is 0 Å². The summed E-state index contributed by atoms with van der Waals surface area (Å²) < 4.78 is 4.38. The Morgan fingerprint density at radius 1 is 1.00 bits per heavy atom. The molecule has 1 atom stereocenters. The monoisotopic (exact) mass is 280 g/mol. The molecule has 1 unspecified atom stereocenters. The van der Waals surface area contributed by atoms with Crippen LogP contribution in [0.3, 0.4) is 0 Å². The van der Waals surface area contributed by atoms with E-state index in [4.69, 9.17) is 0 Å². The first-order valence-corrected chi connectivity index (χ1v) is 9.62. The van der Waals surface area contributed by atoms with Gasteiger partial charge in [-0.3, -0.25) is 0 Å². The van der Waals surface area contributed by atoms with E-state index in [1.54, 1.807) is 47.4 Å². The van der Waals surface area contributed by atoms with Crippen LogP contribution in [0.15, 0.2) is 0 Å². The van der Waals surface area contributed by atoms with Gasteiger partial charge in [-0.15, -0.1) is 0 Å². The quantitative estimate of drug-likeness (QED) is 0.503. The summed E-state index contributed by atoms with van der Waals surface area (Å²) in [5.74, 6) is 0. The van der Waals surface area contributed by atoms with E-state index in [0.29, 0.717) is 0 Å². The van der Waals surface area contributed by atoms with E-state index < -0.39 is 19.8 Å². The van der Waals surface area contributed by atoms with Gasteiger partial charge in [0.15, 0.2) is 0 Å². The summed E-state index contributed by atoms with van der Waals surface area (Å²) in [6.45, 7) is 2.46. The molecule has 0 saturated carbocycles. The maximum atomic E-state index is 2.46. The van der Waals surface area contributed by atoms with Crippen LogP contribution in [0.1, 0.15) is 51.9 Å². The first-order chi connectivity index (χ1) is 5.87. The number of hydrogen-bond acceptors (Lipinski definition) is 0. The molecule has 2 aliphatic rings. The first-order valence-electron chi connectivity index (χ1n) is 5.49. The van der Waals surface area contributed by atoms with Crippen LogP contribution < -0.4 is 0 Å². The molecule has 2 aliphatic heterocycles. The van der Waals surface area contributed by atoms with Gasteiger partial charge in [0.1, 0.15) is 0 Å². The Morgan fingerprint density at radius 2 is 1.75 bits per heavy atom. The van der Waals surface area contributed by atoms with Gasteiger partial charge in [0.25, 0.3) is 0 Å². The van der Waals surface area contributed by atoms with Crippen LogP contribution in [0, 0.1) is 0 Å². The Morgan fingerprint density at radius 3 is 2.58 bits per heavy atom. The minimum atomic E-state index is -0.447. The van der Waals surface area contributed by atoms with Crippen molar-refractivity contribution in [2.45, 2.75) is 55.3 Å². The fourth-order valence-corrected chi connectivity index (χ4v) is 11.8. The van der Waals surface area contributed by atoms with Crippen LogP contribution in [-0.4, -0.2) is 12.3 Å². The van der Waals surface area contributed by atoms with Gasteiger partial charge in [-0.2, -0.15) is 0 Å². The summed E-state index contributed by atoms with van der Waals surface area (Å²) in [5, 5.41) is 0. The number of hydrogen-bond donors (Lipinski definition) is 0. The standard InChI is InChI=1S/C11H21I/c1-2-11-7-4-3-5-9-12(11)10-6-8-11/h2-10H2,1H3. The van der Waals surface area contributed by atoms with E-state index in [1.165, 1.54) is 6.42 Å². The van der Waals surface area contributed by atoms with Crippen molar-refractivity contribution < 1.29 is 0 Å². The molecule has 2 rings (SSSR count). The summed E-state index contributed by atoms with van der Waals surface area (Å²) in [6.07, 6.45) is 11.1. The van der Waals surface area contributed by atoms with Crippen molar-refractivity contribution in [1.29, 1.82) is 0 Å². The minimum absolute atomic E-state index is 0.447. The van der Waals surface area contributed by atoms with Crippen molar-refractivity contribution in [3.8, 4) is 0 Å². The van der Waals surface area contributed by atoms with Gasteiger partial charge >= 0.3 is 84.0 Å². The van der Waals surface area contributed by atoms with Crippen LogP contribution in [-0.2, 0) is 0 Å². The molecule has 0 radical (unpaired) electrons. The number of fused-ring (bicyclic) bond motifs is 1. The molecule has 0 aromatic rings. The molecule has 0 amide bonds. The molecular formula is C11H21I. The van der Waals surface area contributed by atoms with Crippen molar-refractivity contribution in [3.63, 3.8) is 0 Å². The van der Waals surface area contributed by atoms with Gasteiger partial charge in [-0.25, -0.2) is 0 Å². The third kappa shape index (κ3) is 1.53. The van der Waals surface area contributed by atoms with Crippen molar-refractivity contribution in [2.24, 2.45) is 0 Å². The third-order valence-electron chi connectivity index (χ3n) is 3.67. The summed E-state index contributed by atoms with van der Waals surface area (Å²) in [5.41, 5.74) is 0. The van der Waals surface area contributed by atoms with Crippen LogP contribution in [0.25, 0.3) is 0 Å². The van der Waals surface area contributed by atoms with Gasteiger partial charge in [-0.1, -0.05) is 0 Å². The van der Waals surface area contributed by atoms with E-state index >= 15 is 0 Å². The van der Waals surface area contributed by atoms with Gasteiger partial charge in [0.05, 0.1) is 0 Å². The molecule has 0 aromatic carbocycles. The SMILES string of the molecule is CCC12CCCCCI1CCC2. The van der Waals surface area contributed by atoms with Crippen LogP contribution >= 0.6 is 19.8 Å². The normalized spacial score (nSPS) is 39.2. The molecule has 0 N–H and O–H groups in total. The second-order valence-corrected chi connectivity index (χ2v) is 11.3. The third-order valence-corrected chi connectivity index (χ3v) is 12.9. The molecule has 2 fully saturated rings. The Hall–Kier alpha value is 0.730. The van der Waals surface area contributed by atoms with E-state index in [1.807, 2.05) is 0 Å². The molecule has 2 saturated heterocycles. The Balaban J connectivity index is 2.11. The molecule has 72 valence electrons. The maximum absolute atomic E-state index is 2.46. The predicted molar refractivity (Wildman–Crippen MR) is 64.5 cm³/mol. The molecule has 0 spiro atoms. The van der Waals surface area contributed by atoms with Crippen molar-refractivity contribution in [1.82, 2.24) is 0 Å². The van der Waals surface area contributed by atoms with Crippen molar-refractivity contribution in [2.75, 3.05) is 8.86 Å². The Bertz CT molecular complexity index is 155. The first kappa shape index (κ1) is 9.29. The molecule has 0 bridgehead atoms. The van der Waals surface area contributed by atoms with E-state index in [0.717, 1.165) is 3.42 Å². The average Bonchev–Trinajstić information content (AvgIpc) is 2.40. The zero-order chi connectivity index (χ0) is 8.44. The zero-order valence-corrected chi connectivity index (χ0v) is 10.4. The van der Waals surface area contributed by atoms with E-state index in [9.17, 15) is 0 Å². The van der Waals surface area contributed by atoms with Crippen molar-refractivity contribution >= 4 is 19.8 Å². The molecule has 12 heavy (non-hydrogen) atoms. The fraction of sp³-hybridized carbons (Fsp3) is 1.00. The summed E-state index contributed by atoms with van der Waals surface area (Å²) in [4.78, 5) is 0. The zero-order valence-electron chi connectivity index (χ0n) is 8.24. The molecule has 0 nitrogen and oxygen atoms in total. The van der Waals surface area contributed by atoms with Crippen LogP contribution in [0.5, 0.6) is 0 Å². The summed E-state index contributed by atoms with van der Waals surface area (Å²) in [7, 11) is 0. The molecule has 2 heterocycles. The van der Waals surface area contributed by atoms with Gasteiger partial charge in [0, 0.05) is 0 Å². The molecule has 0 aromatic heterocycles. The second-order valence-electron chi connectivity index (χ2n) is 4.25. The Kier molecular flexibility index (Phi) is 2.98.